The molecule has 1 aliphatic heterocycles. The Morgan fingerprint density at radius 3 is 2.09 bits per heavy atom. The van der Waals surface area contributed by atoms with Crippen LogP contribution in [0.25, 0.3) is 11.1 Å². The molecule has 1 atom stereocenters. The van der Waals surface area contributed by atoms with Crippen molar-refractivity contribution in [1.29, 1.82) is 0 Å². The number of hydrogen-bond donors (Lipinski definition) is 2. The molecule has 0 spiro atoms. The monoisotopic (exact) mass is 474 g/mol. The van der Waals surface area contributed by atoms with Gasteiger partial charge in [0.15, 0.2) is 0 Å². The summed E-state index contributed by atoms with van der Waals surface area (Å²) in [7, 11) is 4.37. The first kappa shape index (κ1) is 26.0. The van der Waals surface area contributed by atoms with Crippen molar-refractivity contribution in [1.82, 2.24) is 4.90 Å². The molecule has 0 fully saturated rings. The number of hydrogen-bond acceptors (Lipinski definition) is 4. The van der Waals surface area contributed by atoms with Gasteiger partial charge in [-0.25, -0.2) is 9.59 Å². The lowest BCUT2D eigenvalue weighted by Gasteiger charge is -2.37. The van der Waals surface area contributed by atoms with Crippen LogP contribution in [0.5, 0.6) is 0 Å². The van der Waals surface area contributed by atoms with Gasteiger partial charge in [0.25, 0.3) is 0 Å². The molecule has 0 radical (unpaired) electrons. The average Bonchev–Trinajstić information content (AvgIpc) is 2.85. The number of fused-ring (bicyclic) bond motifs is 1. The Morgan fingerprint density at radius 1 is 0.857 bits per heavy atom. The molecule has 2 N–H and O–H groups in total. The van der Waals surface area contributed by atoms with Crippen molar-refractivity contribution in [3.63, 3.8) is 0 Å². The van der Waals surface area contributed by atoms with Gasteiger partial charge in [-0.3, -0.25) is 0 Å². The number of rotatable bonds is 7. The third-order valence-electron chi connectivity index (χ3n) is 6.08. The summed E-state index contributed by atoms with van der Waals surface area (Å²) in [5.41, 5.74) is 6.97. The molecule has 0 saturated heterocycles. The summed E-state index contributed by atoms with van der Waals surface area (Å²) in [5, 5.41) is 14.8. The molecule has 184 valence electrons. The van der Waals surface area contributed by atoms with Crippen molar-refractivity contribution >= 4 is 17.6 Å². The highest BCUT2D eigenvalue weighted by Gasteiger charge is 2.24. The van der Waals surface area contributed by atoms with Crippen LogP contribution in [0.1, 0.15) is 17.5 Å². The van der Waals surface area contributed by atoms with E-state index in [0.717, 1.165) is 19.5 Å². The number of aryl methyl sites for hydroxylation is 1. The Hall–Kier alpha value is -3.64. The molecular formula is C29H34N2O4. The first-order chi connectivity index (χ1) is 16.8. The van der Waals surface area contributed by atoms with E-state index in [1.54, 1.807) is 0 Å². The molecule has 0 saturated carbocycles. The summed E-state index contributed by atoms with van der Waals surface area (Å²) in [6, 6.07) is 28.7. The van der Waals surface area contributed by atoms with E-state index in [1.807, 2.05) is 0 Å². The van der Waals surface area contributed by atoms with Crippen LogP contribution in [0.3, 0.4) is 0 Å². The van der Waals surface area contributed by atoms with E-state index < -0.39 is 11.9 Å². The highest BCUT2D eigenvalue weighted by molar-refractivity contribution is 6.27. The van der Waals surface area contributed by atoms with Gasteiger partial charge in [0.1, 0.15) is 0 Å². The minimum atomic E-state index is -1.82. The third-order valence-corrected chi connectivity index (χ3v) is 6.08. The van der Waals surface area contributed by atoms with Crippen LogP contribution in [0.4, 0.5) is 5.69 Å². The molecule has 3 aromatic carbocycles. The molecule has 35 heavy (non-hydrogen) atoms. The fourth-order valence-corrected chi connectivity index (χ4v) is 4.60. The number of para-hydroxylation sites is 1. The first-order valence-corrected chi connectivity index (χ1v) is 11.9. The average molecular weight is 475 g/mol. The van der Waals surface area contributed by atoms with Crippen LogP contribution in [0.2, 0.25) is 0 Å². The second-order valence-corrected chi connectivity index (χ2v) is 9.18. The molecule has 1 unspecified atom stereocenters. The first-order valence-electron chi connectivity index (χ1n) is 11.9. The fourth-order valence-electron chi connectivity index (χ4n) is 4.60. The standard InChI is InChI=1S/C27H32N2.C2H2O4/c1-28(2)20-23-19-26-12-6-7-13-27(26)29(21-23)18-8-9-22-14-16-25(17-15-22)24-10-4-3-5-11-24;3-1(4)2(5)6/h3-7,10-17,23H,8-9,18-21H2,1-2H3;(H,3,4)(H,5,6). The lowest BCUT2D eigenvalue weighted by Crippen LogP contribution is -2.40. The van der Waals surface area contributed by atoms with Crippen molar-refractivity contribution in [2.24, 2.45) is 5.92 Å². The number of anilines is 1. The van der Waals surface area contributed by atoms with E-state index in [2.05, 4.69) is 103 Å². The van der Waals surface area contributed by atoms with Gasteiger partial charge in [0.2, 0.25) is 0 Å². The second-order valence-electron chi connectivity index (χ2n) is 9.18. The van der Waals surface area contributed by atoms with Crippen LogP contribution in [0.15, 0.2) is 78.9 Å². The smallest absolute Gasteiger partial charge is 0.414 e. The number of benzene rings is 3. The van der Waals surface area contributed by atoms with Crippen molar-refractivity contribution in [2.75, 3.05) is 38.6 Å². The number of nitrogens with zero attached hydrogens (tertiary/aromatic N) is 2. The third kappa shape index (κ3) is 7.97. The summed E-state index contributed by atoms with van der Waals surface area (Å²) in [5.74, 6) is -2.94. The topological polar surface area (TPSA) is 81.1 Å². The predicted octanol–water partition coefficient (Wildman–Crippen LogP) is 4.68. The van der Waals surface area contributed by atoms with Gasteiger partial charge in [0.05, 0.1) is 0 Å². The molecule has 3 aromatic rings. The van der Waals surface area contributed by atoms with Gasteiger partial charge < -0.3 is 20.0 Å². The van der Waals surface area contributed by atoms with Crippen molar-refractivity contribution in [3.05, 3.63) is 90.0 Å². The summed E-state index contributed by atoms with van der Waals surface area (Å²) >= 11 is 0. The molecule has 0 aromatic heterocycles. The maximum atomic E-state index is 9.10. The molecule has 6 heteroatoms. The maximum absolute atomic E-state index is 9.10. The molecule has 0 aliphatic carbocycles. The number of carboxylic acids is 2. The van der Waals surface area contributed by atoms with Crippen LogP contribution < -0.4 is 4.90 Å². The van der Waals surface area contributed by atoms with Crippen LogP contribution in [-0.2, 0) is 22.4 Å². The van der Waals surface area contributed by atoms with E-state index in [-0.39, 0.29) is 0 Å². The zero-order valence-electron chi connectivity index (χ0n) is 20.4. The minimum absolute atomic E-state index is 0.713. The van der Waals surface area contributed by atoms with E-state index in [1.165, 1.54) is 47.3 Å². The second kappa shape index (κ2) is 12.7. The number of carboxylic acid groups (broad SMARTS) is 2. The zero-order chi connectivity index (χ0) is 25.2. The van der Waals surface area contributed by atoms with Gasteiger partial charge in [-0.1, -0.05) is 72.8 Å². The van der Waals surface area contributed by atoms with Crippen molar-refractivity contribution in [2.45, 2.75) is 19.3 Å². The van der Waals surface area contributed by atoms with Gasteiger partial charge in [0, 0.05) is 25.3 Å². The van der Waals surface area contributed by atoms with E-state index in [4.69, 9.17) is 19.8 Å². The van der Waals surface area contributed by atoms with Gasteiger partial charge in [-0.2, -0.15) is 0 Å². The largest absolute Gasteiger partial charge is 0.473 e. The maximum Gasteiger partial charge on any atom is 0.414 e. The Morgan fingerprint density at radius 2 is 1.46 bits per heavy atom. The SMILES string of the molecule is CN(C)CC1Cc2ccccc2N(CCCc2ccc(-c3ccccc3)cc2)C1.O=C(O)C(=O)O. The molecule has 0 bridgehead atoms. The minimum Gasteiger partial charge on any atom is -0.473 e. The van der Waals surface area contributed by atoms with Crippen molar-refractivity contribution < 1.29 is 19.8 Å². The summed E-state index contributed by atoms with van der Waals surface area (Å²) < 4.78 is 0. The molecule has 0 amide bonds. The predicted molar refractivity (Wildman–Crippen MR) is 140 cm³/mol. The zero-order valence-corrected chi connectivity index (χ0v) is 20.4. The van der Waals surface area contributed by atoms with Crippen LogP contribution in [-0.4, -0.2) is 60.8 Å². The molecule has 1 heterocycles. The van der Waals surface area contributed by atoms with Gasteiger partial charge in [-0.15, -0.1) is 0 Å². The summed E-state index contributed by atoms with van der Waals surface area (Å²) in [4.78, 5) is 23.1. The van der Waals surface area contributed by atoms with E-state index in [0.29, 0.717) is 5.92 Å². The van der Waals surface area contributed by atoms with E-state index >= 15 is 0 Å². The number of aliphatic carboxylic acids is 2. The molecular weight excluding hydrogens is 440 g/mol. The Bertz CT molecular complexity index is 1090. The fraction of sp³-hybridized carbons (Fsp3) is 0.310. The quantitative estimate of drug-likeness (QED) is 0.484. The Labute approximate surface area is 207 Å². The molecule has 6 nitrogen and oxygen atoms in total. The lowest BCUT2D eigenvalue weighted by molar-refractivity contribution is -0.159. The Balaban J connectivity index is 0.000000509. The van der Waals surface area contributed by atoms with E-state index in [9.17, 15) is 0 Å². The normalized spacial score (nSPS) is 14.6. The lowest BCUT2D eigenvalue weighted by atomic mass is 9.92. The Kier molecular flexibility index (Phi) is 9.44. The van der Waals surface area contributed by atoms with Gasteiger partial charge >= 0.3 is 11.9 Å². The van der Waals surface area contributed by atoms with Crippen molar-refractivity contribution in [3.8, 4) is 11.1 Å². The highest BCUT2D eigenvalue weighted by atomic mass is 16.4. The summed E-state index contributed by atoms with van der Waals surface area (Å²) in [6.07, 6.45) is 3.52. The van der Waals surface area contributed by atoms with Crippen LogP contribution >= 0.6 is 0 Å². The summed E-state index contributed by atoms with van der Waals surface area (Å²) in [6.45, 7) is 3.45. The van der Waals surface area contributed by atoms with Gasteiger partial charge in [-0.05, 0) is 67.6 Å². The highest BCUT2D eigenvalue weighted by Crippen LogP contribution is 2.30. The molecule has 1 aliphatic rings. The van der Waals surface area contributed by atoms with Crippen LogP contribution in [0, 0.1) is 5.92 Å². The molecule has 4 rings (SSSR count). The number of carbonyl (C=O) groups is 2.